The van der Waals surface area contributed by atoms with Gasteiger partial charge in [-0.3, -0.25) is 19.6 Å². The number of nitrogens with one attached hydrogen (secondary N) is 1. The Kier molecular flexibility index (Phi) is 13.2. The molecule has 4 aliphatic rings. The number of anilines is 1. The molecule has 2 aromatic carbocycles. The molecule has 5 heterocycles. The molecule has 0 amide bonds. The zero-order valence-corrected chi connectivity index (χ0v) is 30.4. The van der Waals surface area contributed by atoms with Crippen LogP contribution in [0.25, 0.3) is 0 Å². The highest BCUT2D eigenvalue weighted by molar-refractivity contribution is 6.29. The van der Waals surface area contributed by atoms with E-state index in [2.05, 4.69) is 84.5 Å². The third kappa shape index (κ3) is 10.00. The number of benzene rings is 2. The Balaban J connectivity index is 0.000000193. The summed E-state index contributed by atoms with van der Waals surface area (Å²) in [6.45, 7) is 13.5. The van der Waals surface area contributed by atoms with Crippen molar-refractivity contribution in [1.29, 1.82) is 0 Å². The van der Waals surface area contributed by atoms with Crippen molar-refractivity contribution in [2.45, 2.75) is 43.4 Å². The summed E-state index contributed by atoms with van der Waals surface area (Å²) in [5.41, 5.74) is 2.19. The summed E-state index contributed by atoms with van der Waals surface area (Å²) >= 11 is 5.89. The van der Waals surface area contributed by atoms with Crippen LogP contribution in [0.2, 0.25) is 5.15 Å². The van der Waals surface area contributed by atoms with E-state index in [-0.39, 0.29) is 17.2 Å². The number of rotatable bonds is 11. The second kappa shape index (κ2) is 17.8. The van der Waals surface area contributed by atoms with Crippen LogP contribution in [-0.4, -0.2) is 142 Å². The number of pyridine rings is 1. The second-order valence-electron chi connectivity index (χ2n) is 13.9. The first kappa shape index (κ1) is 37.9. The van der Waals surface area contributed by atoms with E-state index in [1.165, 1.54) is 43.4 Å². The maximum atomic E-state index is 13.2. The third-order valence-electron chi connectivity index (χ3n) is 10.6. The van der Waals surface area contributed by atoms with Crippen LogP contribution in [0.5, 0.6) is 0 Å². The second-order valence-corrected chi connectivity index (χ2v) is 14.3. The molecule has 51 heavy (non-hydrogen) atoms. The Morgan fingerprint density at radius 1 is 0.745 bits per heavy atom. The maximum Gasteiger partial charge on any atom is 0.433 e. The molecule has 0 saturated carbocycles. The van der Waals surface area contributed by atoms with Crippen molar-refractivity contribution in [2.24, 2.45) is 0 Å². The number of aromatic nitrogens is 1. The van der Waals surface area contributed by atoms with Gasteiger partial charge in [0.15, 0.2) is 0 Å². The summed E-state index contributed by atoms with van der Waals surface area (Å²) in [5.74, 6) is 0. The van der Waals surface area contributed by atoms with Gasteiger partial charge in [0.05, 0.1) is 19.3 Å². The number of hydrogen-bond donors (Lipinski definition) is 1. The lowest BCUT2D eigenvalue weighted by Crippen LogP contribution is -2.70. The Bertz CT molecular complexity index is 1490. The maximum absolute atomic E-state index is 13.2. The average Bonchev–Trinajstić information content (AvgIpc) is 3.11. The Labute approximate surface area is 305 Å². The van der Waals surface area contributed by atoms with Crippen LogP contribution in [0.1, 0.15) is 16.8 Å². The normalized spacial score (nSPS) is 25.1. The van der Waals surface area contributed by atoms with Crippen LogP contribution in [0.4, 0.5) is 18.9 Å². The predicted octanol–water partition coefficient (Wildman–Crippen LogP) is 4.57. The summed E-state index contributed by atoms with van der Waals surface area (Å²) in [6, 6.07) is 25.2. The lowest BCUT2D eigenvalue weighted by atomic mass is 9.93. The van der Waals surface area contributed by atoms with Gasteiger partial charge in [-0.25, -0.2) is 4.98 Å². The first-order chi connectivity index (χ1) is 24.7. The molecule has 0 bridgehead atoms. The van der Waals surface area contributed by atoms with E-state index < -0.39 is 11.9 Å². The zero-order valence-electron chi connectivity index (χ0n) is 29.6. The van der Waals surface area contributed by atoms with Gasteiger partial charge in [-0.05, 0) is 23.3 Å². The van der Waals surface area contributed by atoms with Crippen LogP contribution in [0.15, 0.2) is 72.8 Å². The third-order valence-corrected chi connectivity index (χ3v) is 10.8. The number of methoxy groups -OCH3 is 2. The van der Waals surface area contributed by atoms with Crippen LogP contribution in [-0.2, 0) is 28.7 Å². The van der Waals surface area contributed by atoms with Gasteiger partial charge in [-0.1, -0.05) is 72.3 Å². The topological polar surface area (TPSA) is 59.6 Å². The summed E-state index contributed by atoms with van der Waals surface area (Å²) in [6.07, 6.45) is -4.53. The fourth-order valence-electron chi connectivity index (χ4n) is 7.66. The van der Waals surface area contributed by atoms with E-state index in [1.807, 2.05) is 11.0 Å². The van der Waals surface area contributed by atoms with E-state index in [0.29, 0.717) is 30.9 Å². The minimum atomic E-state index is -4.53. The van der Waals surface area contributed by atoms with Crippen molar-refractivity contribution in [3.63, 3.8) is 0 Å². The monoisotopic (exact) mass is 729 g/mol. The van der Waals surface area contributed by atoms with Gasteiger partial charge < -0.3 is 19.7 Å². The van der Waals surface area contributed by atoms with Crippen LogP contribution in [0, 0.1) is 0 Å². The average molecular weight is 730 g/mol. The fourth-order valence-corrected chi connectivity index (χ4v) is 7.87. The first-order valence-electron chi connectivity index (χ1n) is 17.9. The van der Waals surface area contributed by atoms with E-state index in [4.69, 9.17) is 21.1 Å². The van der Waals surface area contributed by atoms with E-state index >= 15 is 0 Å². The summed E-state index contributed by atoms with van der Waals surface area (Å²) in [7, 11) is 3.40. The molecule has 278 valence electrons. The van der Waals surface area contributed by atoms with E-state index in [9.17, 15) is 13.2 Å². The summed E-state index contributed by atoms with van der Waals surface area (Å²) in [5, 5.41) is 3.31. The van der Waals surface area contributed by atoms with Crippen molar-refractivity contribution in [1.82, 2.24) is 29.9 Å². The number of piperazine rings is 2. The Hall–Kier alpha value is -2.81. The molecule has 0 radical (unpaired) electrons. The number of halogens is 4. The van der Waals surface area contributed by atoms with Gasteiger partial charge in [-0.2, -0.15) is 13.2 Å². The SMILES string of the molecule is COCC1C(N2CCN(Cc3ccccc3)CC2)CN1c1cc(Cl)nc(C(F)(F)F)c1.COCC1NCC1N1CCN(Cc2ccccc2)CC1. The molecule has 3 aromatic rings. The van der Waals surface area contributed by atoms with Gasteiger partial charge >= 0.3 is 6.18 Å². The molecule has 1 N–H and O–H groups in total. The van der Waals surface area contributed by atoms with E-state index in [1.54, 1.807) is 14.2 Å². The minimum absolute atomic E-state index is 0.0229. The van der Waals surface area contributed by atoms with E-state index in [0.717, 1.165) is 58.5 Å². The molecule has 4 unspecified atom stereocenters. The molecule has 9 nitrogen and oxygen atoms in total. The van der Waals surface area contributed by atoms with Gasteiger partial charge in [0, 0.05) is 117 Å². The van der Waals surface area contributed by atoms with Gasteiger partial charge in [-0.15, -0.1) is 0 Å². The highest BCUT2D eigenvalue weighted by atomic mass is 35.5. The van der Waals surface area contributed by atoms with Crippen LogP contribution < -0.4 is 10.2 Å². The van der Waals surface area contributed by atoms with Crippen molar-refractivity contribution in [3.8, 4) is 0 Å². The Morgan fingerprint density at radius 2 is 1.27 bits per heavy atom. The van der Waals surface area contributed by atoms with Crippen molar-refractivity contribution >= 4 is 17.3 Å². The van der Waals surface area contributed by atoms with Crippen molar-refractivity contribution in [2.75, 3.05) is 97.8 Å². The van der Waals surface area contributed by atoms with Gasteiger partial charge in [0.2, 0.25) is 0 Å². The summed E-state index contributed by atoms with van der Waals surface area (Å²) in [4.78, 5) is 15.4. The van der Waals surface area contributed by atoms with Crippen LogP contribution >= 0.6 is 11.6 Å². The quantitative estimate of drug-likeness (QED) is 0.287. The molecular weight excluding hydrogens is 679 g/mol. The van der Waals surface area contributed by atoms with Crippen molar-refractivity contribution in [3.05, 3.63) is 94.8 Å². The zero-order chi connectivity index (χ0) is 35.8. The lowest BCUT2D eigenvalue weighted by Gasteiger charge is -2.55. The van der Waals surface area contributed by atoms with Crippen molar-refractivity contribution < 1.29 is 22.6 Å². The standard InChI is InChI=1S/C22H26ClF3N4O.C16H25N3O/c1-31-15-19-18(14-30(19)17-11-20(22(24,25)26)27-21(23)12-17)29-9-7-28(8-10-29)13-16-5-3-2-4-6-16;1-20-13-15-16(11-17-15)19-9-7-18(8-10-19)12-14-5-3-2-4-6-14/h2-6,11-12,18-19H,7-10,13-15H2,1H3;2-6,15-17H,7-13H2,1H3. The molecule has 0 spiro atoms. The first-order valence-corrected chi connectivity index (χ1v) is 18.3. The minimum Gasteiger partial charge on any atom is -0.383 e. The molecule has 1 aromatic heterocycles. The molecule has 7 rings (SSSR count). The predicted molar refractivity (Wildman–Crippen MR) is 195 cm³/mol. The number of ether oxygens (including phenoxy) is 2. The summed E-state index contributed by atoms with van der Waals surface area (Å²) < 4.78 is 50.1. The van der Waals surface area contributed by atoms with Gasteiger partial charge in [0.1, 0.15) is 10.8 Å². The highest BCUT2D eigenvalue weighted by Gasteiger charge is 2.44. The molecule has 4 aliphatic heterocycles. The molecule has 0 aliphatic carbocycles. The van der Waals surface area contributed by atoms with Crippen LogP contribution in [0.3, 0.4) is 0 Å². The molecule has 4 atom stereocenters. The fraction of sp³-hybridized carbons (Fsp3) is 0.553. The van der Waals surface area contributed by atoms with Gasteiger partial charge in [0.25, 0.3) is 0 Å². The Morgan fingerprint density at radius 3 is 1.75 bits per heavy atom. The highest BCUT2D eigenvalue weighted by Crippen LogP contribution is 2.36. The number of hydrogen-bond acceptors (Lipinski definition) is 9. The lowest BCUT2D eigenvalue weighted by molar-refractivity contribution is -0.141. The molecule has 4 fully saturated rings. The molecular formula is C38H51ClF3N7O2. The largest absolute Gasteiger partial charge is 0.433 e. The molecule has 4 saturated heterocycles. The number of alkyl halides is 3. The smallest absolute Gasteiger partial charge is 0.383 e. The molecule has 13 heteroatoms. The number of nitrogens with zero attached hydrogens (tertiary/aromatic N) is 6.